The van der Waals surface area contributed by atoms with E-state index in [1.165, 1.54) is 10.4 Å². The lowest BCUT2D eigenvalue weighted by molar-refractivity contribution is 0.0656. The highest BCUT2D eigenvalue weighted by molar-refractivity contribution is 7.10. The number of para-hydroxylation sites is 1. The number of aryl methyl sites for hydroxylation is 1. The van der Waals surface area contributed by atoms with E-state index in [1.54, 1.807) is 11.3 Å². The SMILES string of the molecule is CN1CCN(C(=O)c2nn(-c3ccccc3)c3c2CCc2sccc2-3)CC1. The Balaban J connectivity index is 1.63. The van der Waals surface area contributed by atoms with Crippen LogP contribution in [0.4, 0.5) is 0 Å². The second kappa shape index (κ2) is 6.62. The molecule has 6 heteroatoms. The van der Waals surface area contributed by atoms with Gasteiger partial charge in [-0.15, -0.1) is 11.3 Å². The lowest BCUT2D eigenvalue weighted by Gasteiger charge is -2.32. The Bertz CT molecular complexity index is 983. The predicted octanol–water partition coefficient (Wildman–Crippen LogP) is 3.09. The second-order valence-electron chi connectivity index (χ2n) is 7.28. The average Bonchev–Trinajstić information content (AvgIpc) is 3.33. The van der Waals surface area contributed by atoms with Crippen LogP contribution in [0.15, 0.2) is 41.8 Å². The lowest BCUT2D eigenvalue weighted by atomic mass is 9.94. The molecule has 1 aliphatic carbocycles. The van der Waals surface area contributed by atoms with Crippen molar-refractivity contribution in [2.75, 3.05) is 33.2 Å². The van der Waals surface area contributed by atoms with Crippen molar-refractivity contribution in [1.82, 2.24) is 19.6 Å². The average molecular weight is 379 g/mol. The van der Waals surface area contributed by atoms with Crippen molar-refractivity contribution in [3.63, 3.8) is 0 Å². The van der Waals surface area contributed by atoms with E-state index in [4.69, 9.17) is 5.10 Å². The number of piperazine rings is 1. The van der Waals surface area contributed by atoms with Crippen molar-refractivity contribution in [2.45, 2.75) is 12.8 Å². The summed E-state index contributed by atoms with van der Waals surface area (Å²) in [5, 5.41) is 6.99. The normalized spacial score (nSPS) is 16.9. The number of carbonyl (C=O) groups excluding carboxylic acids is 1. The number of aromatic nitrogens is 2. The molecule has 3 heterocycles. The molecule has 0 bridgehead atoms. The molecule has 1 saturated heterocycles. The number of fused-ring (bicyclic) bond motifs is 3. The van der Waals surface area contributed by atoms with Gasteiger partial charge in [-0.25, -0.2) is 4.68 Å². The molecule has 5 rings (SSSR count). The van der Waals surface area contributed by atoms with E-state index in [2.05, 4.69) is 35.5 Å². The quantitative estimate of drug-likeness (QED) is 0.688. The van der Waals surface area contributed by atoms with Gasteiger partial charge in [-0.3, -0.25) is 4.79 Å². The number of thiophene rings is 1. The molecular formula is C21H22N4OS. The molecule has 0 saturated carbocycles. The van der Waals surface area contributed by atoms with Crippen molar-refractivity contribution in [1.29, 1.82) is 0 Å². The lowest BCUT2D eigenvalue weighted by Crippen LogP contribution is -2.47. The van der Waals surface area contributed by atoms with Crippen LogP contribution in [0, 0.1) is 0 Å². The summed E-state index contributed by atoms with van der Waals surface area (Å²) in [6, 6.07) is 12.3. The zero-order valence-electron chi connectivity index (χ0n) is 15.4. The van der Waals surface area contributed by atoms with Crippen LogP contribution < -0.4 is 0 Å². The molecule has 0 spiro atoms. The maximum absolute atomic E-state index is 13.3. The molecule has 3 aromatic rings. The number of benzene rings is 1. The minimum Gasteiger partial charge on any atom is -0.335 e. The largest absolute Gasteiger partial charge is 0.335 e. The summed E-state index contributed by atoms with van der Waals surface area (Å²) in [7, 11) is 2.10. The van der Waals surface area contributed by atoms with Gasteiger partial charge in [0.25, 0.3) is 5.91 Å². The minimum atomic E-state index is 0.0766. The molecule has 5 nitrogen and oxygen atoms in total. The van der Waals surface area contributed by atoms with E-state index >= 15 is 0 Å². The fourth-order valence-electron chi connectivity index (χ4n) is 4.03. The highest BCUT2D eigenvalue weighted by Crippen LogP contribution is 2.39. The van der Waals surface area contributed by atoms with Crippen LogP contribution in [0.5, 0.6) is 0 Å². The fraction of sp³-hybridized carbons (Fsp3) is 0.333. The smallest absolute Gasteiger partial charge is 0.274 e. The van der Waals surface area contributed by atoms with Crippen LogP contribution >= 0.6 is 11.3 Å². The fourth-order valence-corrected chi connectivity index (χ4v) is 4.91. The van der Waals surface area contributed by atoms with Gasteiger partial charge in [0, 0.05) is 42.2 Å². The highest BCUT2D eigenvalue weighted by atomic mass is 32.1. The van der Waals surface area contributed by atoms with Crippen molar-refractivity contribution in [3.8, 4) is 16.9 Å². The number of carbonyl (C=O) groups is 1. The molecule has 138 valence electrons. The van der Waals surface area contributed by atoms with Gasteiger partial charge >= 0.3 is 0 Å². The summed E-state index contributed by atoms with van der Waals surface area (Å²) >= 11 is 1.80. The molecule has 2 aliphatic rings. The Morgan fingerprint density at radius 2 is 1.81 bits per heavy atom. The number of hydrogen-bond donors (Lipinski definition) is 0. The van der Waals surface area contributed by atoms with Gasteiger partial charge in [0.2, 0.25) is 0 Å². The van der Waals surface area contributed by atoms with E-state index in [0.29, 0.717) is 5.69 Å². The van der Waals surface area contributed by atoms with E-state index < -0.39 is 0 Å². The number of nitrogens with zero attached hydrogens (tertiary/aromatic N) is 4. The van der Waals surface area contributed by atoms with Gasteiger partial charge < -0.3 is 9.80 Å². The number of rotatable bonds is 2. The van der Waals surface area contributed by atoms with Crippen molar-refractivity contribution in [2.24, 2.45) is 0 Å². The summed E-state index contributed by atoms with van der Waals surface area (Å²) in [5.41, 5.74) is 5.07. The van der Waals surface area contributed by atoms with E-state index in [9.17, 15) is 4.79 Å². The molecule has 0 unspecified atom stereocenters. The molecule has 1 aromatic carbocycles. The van der Waals surface area contributed by atoms with Gasteiger partial charge in [-0.2, -0.15) is 5.10 Å². The van der Waals surface area contributed by atoms with Crippen LogP contribution in [0.25, 0.3) is 16.9 Å². The molecule has 27 heavy (non-hydrogen) atoms. The number of amides is 1. The molecular weight excluding hydrogens is 356 g/mol. The molecule has 0 N–H and O–H groups in total. The second-order valence-corrected chi connectivity index (χ2v) is 8.28. The van der Waals surface area contributed by atoms with Crippen LogP contribution in [-0.2, 0) is 12.8 Å². The van der Waals surface area contributed by atoms with Crippen molar-refractivity contribution < 1.29 is 4.79 Å². The minimum absolute atomic E-state index is 0.0766. The predicted molar refractivity (Wildman–Crippen MR) is 108 cm³/mol. The Morgan fingerprint density at radius 3 is 2.59 bits per heavy atom. The van der Waals surface area contributed by atoms with E-state index in [-0.39, 0.29) is 5.91 Å². The molecule has 1 fully saturated rings. The zero-order valence-corrected chi connectivity index (χ0v) is 16.2. The monoisotopic (exact) mass is 378 g/mol. The zero-order chi connectivity index (χ0) is 18.4. The maximum Gasteiger partial charge on any atom is 0.274 e. The third-order valence-electron chi connectivity index (χ3n) is 5.58. The molecule has 0 radical (unpaired) electrons. The van der Waals surface area contributed by atoms with Gasteiger partial charge in [-0.1, -0.05) is 18.2 Å². The van der Waals surface area contributed by atoms with Crippen LogP contribution in [-0.4, -0.2) is 58.7 Å². The van der Waals surface area contributed by atoms with Crippen LogP contribution in [0.1, 0.15) is 20.9 Å². The molecule has 0 atom stereocenters. The summed E-state index contributed by atoms with van der Waals surface area (Å²) < 4.78 is 1.98. The Kier molecular flexibility index (Phi) is 4.10. The first kappa shape index (κ1) is 16.7. The molecule has 2 aromatic heterocycles. The van der Waals surface area contributed by atoms with Crippen LogP contribution in [0.2, 0.25) is 0 Å². The third kappa shape index (κ3) is 2.80. The van der Waals surface area contributed by atoms with Gasteiger partial charge in [0.1, 0.15) is 0 Å². The standard InChI is InChI=1S/C21H22N4OS/c1-23-10-12-24(13-11-23)21(26)19-17-7-8-18-16(9-14-27-18)20(17)25(22-19)15-5-3-2-4-6-15/h2-6,9,14H,7-8,10-13H2,1H3. The van der Waals surface area contributed by atoms with E-state index in [0.717, 1.165) is 56.0 Å². The van der Waals surface area contributed by atoms with Gasteiger partial charge in [-0.05, 0) is 43.5 Å². The number of likely N-dealkylation sites (N-methyl/N-ethyl adjacent to an activating group) is 1. The molecule has 1 amide bonds. The van der Waals surface area contributed by atoms with Crippen LogP contribution in [0.3, 0.4) is 0 Å². The van der Waals surface area contributed by atoms with Gasteiger partial charge in [0.15, 0.2) is 5.69 Å². The Morgan fingerprint density at radius 1 is 1.04 bits per heavy atom. The first-order valence-electron chi connectivity index (χ1n) is 9.44. The van der Waals surface area contributed by atoms with Crippen molar-refractivity contribution >= 4 is 17.2 Å². The third-order valence-corrected chi connectivity index (χ3v) is 6.56. The van der Waals surface area contributed by atoms with Crippen molar-refractivity contribution in [3.05, 3.63) is 57.9 Å². The van der Waals surface area contributed by atoms with E-state index in [1.807, 2.05) is 27.8 Å². The summed E-state index contributed by atoms with van der Waals surface area (Å²) in [4.78, 5) is 18.9. The summed E-state index contributed by atoms with van der Waals surface area (Å²) in [6.45, 7) is 3.38. The Labute approximate surface area is 162 Å². The summed E-state index contributed by atoms with van der Waals surface area (Å²) in [6.07, 6.45) is 1.87. The maximum atomic E-state index is 13.3. The Hall–Kier alpha value is -2.44. The molecule has 1 aliphatic heterocycles. The first-order chi connectivity index (χ1) is 13.2. The first-order valence-corrected chi connectivity index (χ1v) is 10.3. The summed E-state index contributed by atoms with van der Waals surface area (Å²) in [5.74, 6) is 0.0766. The van der Waals surface area contributed by atoms with Gasteiger partial charge in [0.05, 0.1) is 11.4 Å². The topological polar surface area (TPSA) is 41.4 Å². The highest BCUT2D eigenvalue weighted by Gasteiger charge is 2.32. The number of hydrogen-bond acceptors (Lipinski definition) is 4.